The normalized spacial score (nSPS) is 12.1. The fourth-order valence-corrected chi connectivity index (χ4v) is 6.94. The number of carbonyl (C=O) groups is 3. The van der Waals surface area contributed by atoms with Crippen molar-refractivity contribution in [1.82, 2.24) is 0 Å². The van der Waals surface area contributed by atoms with Gasteiger partial charge in [-0.15, -0.1) is 0 Å². The summed E-state index contributed by atoms with van der Waals surface area (Å²) in [7, 11) is 0. The third-order valence-electron chi connectivity index (χ3n) is 10.5. The molecule has 1 unspecified atom stereocenters. The minimum atomic E-state index is -0.887. The van der Waals surface area contributed by atoms with Gasteiger partial charge in [-0.2, -0.15) is 0 Å². The molecular formula is C48H83NO6. The Labute approximate surface area is 337 Å². The van der Waals surface area contributed by atoms with Crippen molar-refractivity contribution in [3.8, 4) is 0 Å². The highest BCUT2D eigenvalue weighted by molar-refractivity contribution is 5.92. The monoisotopic (exact) mass is 770 g/mol. The Morgan fingerprint density at radius 2 is 0.836 bits per heavy atom. The summed E-state index contributed by atoms with van der Waals surface area (Å²) in [5.41, 5.74) is 6.69. The maximum absolute atomic E-state index is 12.7. The van der Waals surface area contributed by atoms with Crippen LogP contribution in [0.15, 0.2) is 36.0 Å². The number of esters is 3. The molecule has 0 heterocycles. The second-order valence-corrected chi connectivity index (χ2v) is 15.8. The van der Waals surface area contributed by atoms with E-state index in [1.54, 1.807) is 0 Å². The first-order valence-corrected chi connectivity index (χ1v) is 23.0. The summed E-state index contributed by atoms with van der Waals surface area (Å²) in [5.74, 6) is -1.41. The summed E-state index contributed by atoms with van der Waals surface area (Å²) < 4.78 is 16.5. The fourth-order valence-electron chi connectivity index (χ4n) is 6.94. The number of unbranched alkanes of at least 4 members (excludes halogenated alkanes) is 28. The van der Waals surface area contributed by atoms with Crippen molar-refractivity contribution in [3.05, 3.63) is 41.6 Å². The Morgan fingerprint density at radius 1 is 0.491 bits per heavy atom. The molecule has 0 amide bonds. The summed E-state index contributed by atoms with van der Waals surface area (Å²) in [4.78, 5) is 37.9. The number of carbonyl (C=O) groups excluding carboxylic acids is 3. The fraction of sp³-hybridized carbons (Fsp3) is 0.771. The van der Waals surface area contributed by atoms with Crippen LogP contribution in [0.2, 0.25) is 0 Å². The number of nitrogens with two attached hydrogens (primary N) is 1. The topological polar surface area (TPSA) is 105 Å². The van der Waals surface area contributed by atoms with E-state index in [2.05, 4.69) is 13.8 Å². The summed E-state index contributed by atoms with van der Waals surface area (Å²) in [6.07, 6.45) is 39.1. The minimum absolute atomic E-state index is 0.0563. The Morgan fingerprint density at radius 3 is 1.24 bits per heavy atom. The van der Waals surface area contributed by atoms with E-state index in [1.807, 2.05) is 30.3 Å². The minimum Gasteiger partial charge on any atom is -0.462 e. The number of hydrogen-bond donors (Lipinski definition) is 1. The maximum atomic E-state index is 12.7. The van der Waals surface area contributed by atoms with Gasteiger partial charge in [0, 0.05) is 12.8 Å². The van der Waals surface area contributed by atoms with E-state index >= 15 is 0 Å². The van der Waals surface area contributed by atoms with E-state index in [1.165, 1.54) is 160 Å². The zero-order valence-electron chi connectivity index (χ0n) is 35.6. The molecule has 0 fully saturated rings. The van der Waals surface area contributed by atoms with Crippen molar-refractivity contribution in [1.29, 1.82) is 0 Å². The molecule has 0 aliphatic rings. The van der Waals surface area contributed by atoms with Crippen LogP contribution in [0.3, 0.4) is 0 Å². The van der Waals surface area contributed by atoms with Gasteiger partial charge in [-0.3, -0.25) is 9.59 Å². The zero-order chi connectivity index (χ0) is 39.9. The third kappa shape index (κ3) is 33.1. The van der Waals surface area contributed by atoms with Crippen LogP contribution in [0.1, 0.15) is 225 Å². The van der Waals surface area contributed by atoms with Crippen LogP contribution in [0.4, 0.5) is 0 Å². The quantitative estimate of drug-likeness (QED) is 0.0308. The van der Waals surface area contributed by atoms with Crippen molar-refractivity contribution in [2.75, 3.05) is 13.2 Å². The Bertz CT molecular complexity index is 1070. The van der Waals surface area contributed by atoms with Crippen molar-refractivity contribution in [3.63, 3.8) is 0 Å². The summed E-state index contributed by atoms with van der Waals surface area (Å²) >= 11 is 0. The maximum Gasteiger partial charge on any atom is 0.354 e. The van der Waals surface area contributed by atoms with Crippen LogP contribution < -0.4 is 5.73 Å². The van der Waals surface area contributed by atoms with E-state index in [-0.39, 0.29) is 37.3 Å². The van der Waals surface area contributed by atoms with Gasteiger partial charge >= 0.3 is 17.9 Å². The molecule has 1 aromatic carbocycles. The van der Waals surface area contributed by atoms with Gasteiger partial charge in [0.15, 0.2) is 6.10 Å². The molecule has 7 heteroatoms. The molecule has 0 aliphatic carbocycles. The highest BCUT2D eigenvalue weighted by atomic mass is 16.6. The summed E-state index contributed by atoms with van der Waals surface area (Å²) in [6, 6.07) is 9.26. The van der Waals surface area contributed by atoms with Gasteiger partial charge in [0.1, 0.15) is 18.9 Å². The molecular weight excluding hydrogens is 687 g/mol. The molecule has 2 N–H and O–H groups in total. The molecule has 7 nitrogen and oxygen atoms in total. The Balaban J connectivity index is 2.29. The lowest BCUT2D eigenvalue weighted by Gasteiger charge is -2.18. The van der Waals surface area contributed by atoms with Gasteiger partial charge in [-0.05, 0) is 24.5 Å². The van der Waals surface area contributed by atoms with Crippen LogP contribution in [-0.2, 0) is 28.6 Å². The molecule has 0 saturated heterocycles. The number of hydrogen-bond acceptors (Lipinski definition) is 7. The molecule has 0 aliphatic heterocycles. The predicted octanol–water partition coefficient (Wildman–Crippen LogP) is 13.5. The first-order valence-electron chi connectivity index (χ1n) is 23.0. The van der Waals surface area contributed by atoms with Gasteiger partial charge in [-0.25, -0.2) is 4.79 Å². The lowest BCUT2D eigenvalue weighted by atomic mass is 10.0. The standard InChI is InChI=1S/C48H83NO6/c1-3-5-7-9-11-13-15-17-19-21-23-25-27-29-34-38-46(50)53-41-44(42-54-48(52)45(49)40-43-36-32-31-33-37-43)55-47(51)39-35-30-28-26-24-22-20-18-16-14-12-10-8-6-4-2/h31-33,36-37,40,44H,3-30,34-35,38-39,41-42,49H2,1-2H3/b45-40-. The van der Waals surface area contributed by atoms with Crippen molar-refractivity contribution in [2.45, 2.75) is 225 Å². The lowest BCUT2D eigenvalue weighted by Crippen LogP contribution is -2.31. The molecule has 1 rings (SSSR count). The molecule has 0 radical (unpaired) electrons. The zero-order valence-corrected chi connectivity index (χ0v) is 35.6. The molecule has 0 bridgehead atoms. The van der Waals surface area contributed by atoms with Gasteiger partial charge in [0.05, 0.1) is 0 Å². The van der Waals surface area contributed by atoms with Crippen LogP contribution in [0.5, 0.6) is 0 Å². The van der Waals surface area contributed by atoms with Crippen molar-refractivity contribution < 1.29 is 28.6 Å². The molecule has 0 saturated carbocycles. The third-order valence-corrected chi connectivity index (χ3v) is 10.5. The van der Waals surface area contributed by atoms with Gasteiger partial charge in [0.25, 0.3) is 0 Å². The van der Waals surface area contributed by atoms with E-state index in [9.17, 15) is 14.4 Å². The SMILES string of the molecule is CCCCCCCCCCCCCCCCCC(=O)OCC(COC(=O)/C(N)=C/c1ccccc1)OC(=O)CCCCCCCCCCCCCCCCC. The van der Waals surface area contributed by atoms with Crippen molar-refractivity contribution >= 4 is 24.0 Å². The smallest absolute Gasteiger partial charge is 0.354 e. The average Bonchev–Trinajstić information content (AvgIpc) is 3.19. The largest absolute Gasteiger partial charge is 0.462 e. The van der Waals surface area contributed by atoms with E-state index in [4.69, 9.17) is 19.9 Å². The van der Waals surface area contributed by atoms with Gasteiger partial charge in [-0.1, -0.05) is 224 Å². The summed E-state index contributed by atoms with van der Waals surface area (Å²) in [6.45, 7) is 4.14. The lowest BCUT2D eigenvalue weighted by molar-refractivity contribution is -0.165. The van der Waals surface area contributed by atoms with Crippen LogP contribution in [0.25, 0.3) is 6.08 Å². The van der Waals surface area contributed by atoms with E-state index < -0.39 is 12.1 Å². The van der Waals surface area contributed by atoms with Crippen LogP contribution in [-0.4, -0.2) is 37.2 Å². The molecule has 0 aromatic heterocycles. The van der Waals surface area contributed by atoms with Crippen LogP contribution >= 0.6 is 0 Å². The highest BCUT2D eigenvalue weighted by Crippen LogP contribution is 2.16. The first kappa shape index (κ1) is 50.2. The van der Waals surface area contributed by atoms with Gasteiger partial charge < -0.3 is 19.9 Å². The summed E-state index contributed by atoms with van der Waals surface area (Å²) in [5, 5.41) is 0. The Kier molecular flexibility index (Phi) is 34.7. The van der Waals surface area contributed by atoms with Crippen molar-refractivity contribution in [2.24, 2.45) is 5.73 Å². The van der Waals surface area contributed by atoms with E-state index in [0.717, 1.165) is 44.1 Å². The molecule has 0 spiro atoms. The first-order chi connectivity index (χ1) is 27.0. The molecule has 1 aromatic rings. The Hall–Kier alpha value is -2.83. The van der Waals surface area contributed by atoms with Gasteiger partial charge in [0.2, 0.25) is 0 Å². The highest BCUT2D eigenvalue weighted by Gasteiger charge is 2.20. The molecule has 316 valence electrons. The number of ether oxygens (including phenoxy) is 3. The second-order valence-electron chi connectivity index (χ2n) is 15.8. The van der Waals surface area contributed by atoms with E-state index in [0.29, 0.717) is 6.42 Å². The molecule has 1 atom stereocenters. The number of rotatable bonds is 39. The predicted molar refractivity (Wildman–Crippen MR) is 229 cm³/mol. The second kappa shape index (κ2) is 38.1. The number of benzene rings is 1. The molecule has 55 heavy (non-hydrogen) atoms. The van der Waals surface area contributed by atoms with Crippen LogP contribution in [0, 0.1) is 0 Å². The average molecular weight is 770 g/mol.